The molecule has 20 heavy (non-hydrogen) atoms. The summed E-state index contributed by atoms with van der Waals surface area (Å²) in [5, 5.41) is 5.64. The molecule has 1 atom stereocenters. The first-order valence-corrected chi connectivity index (χ1v) is 9.02. The lowest BCUT2D eigenvalue weighted by Crippen LogP contribution is -2.21. The van der Waals surface area contributed by atoms with Gasteiger partial charge in [-0.05, 0) is 74.5 Å². The van der Waals surface area contributed by atoms with Crippen molar-refractivity contribution in [1.29, 1.82) is 0 Å². The fraction of sp³-hybridized carbons (Fsp3) is 0.333. The molecule has 0 aliphatic heterocycles. The summed E-state index contributed by atoms with van der Waals surface area (Å²) in [5.74, 6) is 0.886. The molecule has 5 heteroatoms. The highest BCUT2D eigenvalue weighted by Crippen LogP contribution is 2.36. The molecule has 1 N–H and O–H groups in total. The molecule has 0 bridgehead atoms. The van der Waals surface area contributed by atoms with Crippen LogP contribution in [-0.2, 0) is 0 Å². The summed E-state index contributed by atoms with van der Waals surface area (Å²) in [4.78, 5) is 1.29. The number of hydrogen-bond donors (Lipinski definition) is 1. The number of nitrogens with one attached hydrogen (secondary N) is 1. The molecule has 2 rings (SSSR count). The van der Waals surface area contributed by atoms with Crippen LogP contribution in [0.1, 0.15) is 30.3 Å². The maximum Gasteiger partial charge on any atom is 0.133 e. The van der Waals surface area contributed by atoms with Gasteiger partial charge in [0.2, 0.25) is 0 Å². The van der Waals surface area contributed by atoms with Crippen molar-refractivity contribution in [3.05, 3.63) is 49.0 Å². The Bertz CT molecular complexity index is 571. The minimum Gasteiger partial charge on any atom is -0.493 e. The van der Waals surface area contributed by atoms with Crippen LogP contribution in [0.5, 0.6) is 5.75 Å². The Balaban J connectivity index is 2.35. The third kappa shape index (κ3) is 3.64. The van der Waals surface area contributed by atoms with Crippen LogP contribution in [0.15, 0.2) is 38.6 Å². The number of rotatable bonds is 6. The fourth-order valence-electron chi connectivity index (χ4n) is 2.05. The molecule has 0 spiro atoms. The van der Waals surface area contributed by atoms with Gasteiger partial charge in [-0.25, -0.2) is 0 Å². The molecular weight excluding hydrogens is 402 g/mol. The van der Waals surface area contributed by atoms with E-state index < -0.39 is 0 Å². The molecule has 0 fully saturated rings. The minimum absolute atomic E-state index is 0.196. The van der Waals surface area contributed by atoms with Gasteiger partial charge in [-0.1, -0.05) is 13.0 Å². The van der Waals surface area contributed by atoms with Crippen molar-refractivity contribution < 1.29 is 4.74 Å². The second-order valence-electron chi connectivity index (χ2n) is 4.25. The van der Waals surface area contributed by atoms with E-state index >= 15 is 0 Å². The van der Waals surface area contributed by atoms with Gasteiger partial charge in [-0.2, -0.15) is 0 Å². The molecule has 2 nitrogen and oxygen atoms in total. The van der Waals surface area contributed by atoms with Gasteiger partial charge in [-0.15, -0.1) is 11.3 Å². The maximum absolute atomic E-state index is 5.57. The predicted octanol–water partition coefficient (Wildman–Crippen LogP) is 5.37. The first-order chi connectivity index (χ1) is 9.67. The van der Waals surface area contributed by atoms with E-state index in [1.165, 1.54) is 10.4 Å². The Hall–Kier alpha value is -0.360. The van der Waals surface area contributed by atoms with E-state index in [1.807, 2.05) is 13.0 Å². The molecule has 108 valence electrons. The van der Waals surface area contributed by atoms with Gasteiger partial charge < -0.3 is 10.1 Å². The van der Waals surface area contributed by atoms with E-state index in [4.69, 9.17) is 4.74 Å². The summed E-state index contributed by atoms with van der Waals surface area (Å²) in [5.41, 5.74) is 1.23. The number of hydrogen-bond acceptors (Lipinski definition) is 3. The zero-order chi connectivity index (χ0) is 14.5. The molecule has 2 aromatic rings. The molecule has 0 aliphatic rings. The lowest BCUT2D eigenvalue weighted by Gasteiger charge is -2.19. The molecular formula is C15H17Br2NOS. The summed E-state index contributed by atoms with van der Waals surface area (Å²) in [6.45, 7) is 5.70. The standard InChI is InChI=1S/C15H17Br2NOS/c1-3-18-14(15-11(16)7-8-20-15)10-5-6-13(19-4-2)12(17)9-10/h5-9,14,18H,3-4H2,1-2H3. The van der Waals surface area contributed by atoms with Gasteiger partial charge in [0, 0.05) is 9.35 Å². The fourth-order valence-corrected chi connectivity index (χ4v) is 4.26. The van der Waals surface area contributed by atoms with E-state index in [1.54, 1.807) is 11.3 Å². The normalized spacial score (nSPS) is 12.4. The molecule has 1 unspecified atom stereocenters. The van der Waals surface area contributed by atoms with Crippen molar-refractivity contribution in [1.82, 2.24) is 5.32 Å². The van der Waals surface area contributed by atoms with Gasteiger partial charge in [0.25, 0.3) is 0 Å². The third-order valence-electron chi connectivity index (χ3n) is 2.90. The van der Waals surface area contributed by atoms with Crippen molar-refractivity contribution in [2.75, 3.05) is 13.2 Å². The van der Waals surface area contributed by atoms with Crippen LogP contribution in [0.2, 0.25) is 0 Å². The van der Waals surface area contributed by atoms with Crippen LogP contribution in [0.4, 0.5) is 0 Å². The summed E-state index contributed by atoms with van der Waals surface area (Å²) in [6.07, 6.45) is 0. The summed E-state index contributed by atoms with van der Waals surface area (Å²) in [7, 11) is 0. The Morgan fingerprint density at radius 3 is 2.55 bits per heavy atom. The highest BCUT2D eigenvalue weighted by Gasteiger charge is 2.18. The van der Waals surface area contributed by atoms with Crippen molar-refractivity contribution in [2.45, 2.75) is 19.9 Å². The predicted molar refractivity (Wildman–Crippen MR) is 92.8 cm³/mol. The Morgan fingerprint density at radius 2 is 2.00 bits per heavy atom. The van der Waals surface area contributed by atoms with E-state index in [0.717, 1.165) is 21.2 Å². The Morgan fingerprint density at radius 1 is 1.20 bits per heavy atom. The second kappa shape index (κ2) is 7.59. The lowest BCUT2D eigenvalue weighted by molar-refractivity contribution is 0.338. The first-order valence-electron chi connectivity index (χ1n) is 6.55. The number of halogens is 2. The van der Waals surface area contributed by atoms with Gasteiger partial charge >= 0.3 is 0 Å². The van der Waals surface area contributed by atoms with Crippen LogP contribution in [0, 0.1) is 0 Å². The van der Waals surface area contributed by atoms with E-state index in [9.17, 15) is 0 Å². The minimum atomic E-state index is 0.196. The number of thiophene rings is 1. The summed E-state index contributed by atoms with van der Waals surface area (Å²) >= 11 is 8.97. The molecule has 0 saturated carbocycles. The Kier molecular flexibility index (Phi) is 6.08. The molecule has 0 amide bonds. The molecule has 0 aliphatic carbocycles. The van der Waals surface area contributed by atoms with Crippen LogP contribution in [0.3, 0.4) is 0 Å². The largest absolute Gasteiger partial charge is 0.493 e. The van der Waals surface area contributed by atoms with Crippen LogP contribution in [0.25, 0.3) is 0 Å². The zero-order valence-electron chi connectivity index (χ0n) is 11.5. The second-order valence-corrected chi connectivity index (χ2v) is 6.90. The SMILES string of the molecule is CCNC(c1ccc(OCC)c(Br)c1)c1sccc1Br. The number of ether oxygens (including phenoxy) is 1. The number of benzene rings is 1. The molecule has 0 radical (unpaired) electrons. The maximum atomic E-state index is 5.57. The van der Waals surface area contributed by atoms with Crippen LogP contribution in [-0.4, -0.2) is 13.2 Å². The average Bonchev–Trinajstić information content (AvgIpc) is 2.85. The molecule has 0 saturated heterocycles. The molecule has 1 aromatic carbocycles. The van der Waals surface area contributed by atoms with Gasteiger partial charge in [-0.3, -0.25) is 0 Å². The van der Waals surface area contributed by atoms with E-state index in [0.29, 0.717) is 6.61 Å². The summed E-state index contributed by atoms with van der Waals surface area (Å²) in [6, 6.07) is 8.56. The van der Waals surface area contributed by atoms with Gasteiger partial charge in [0.05, 0.1) is 17.1 Å². The summed E-state index contributed by atoms with van der Waals surface area (Å²) < 4.78 is 7.72. The van der Waals surface area contributed by atoms with Crippen LogP contribution >= 0.6 is 43.2 Å². The third-order valence-corrected chi connectivity index (χ3v) is 5.46. The molecule has 1 aromatic heterocycles. The highest BCUT2D eigenvalue weighted by atomic mass is 79.9. The monoisotopic (exact) mass is 417 g/mol. The van der Waals surface area contributed by atoms with Crippen molar-refractivity contribution in [2.24, 2.45) is 0 Å². The average molecular weight is 419 g/mol. The first kappa shape index (κ1) is 16.0. The van der Waals surface area contributed by atoms with Crippen molar-refractivity contribution in [3.8, 4) is 5.75 Å². The van der Waals surface area contributed by atoms with Crippen molar-refractivity contribution in [3.63, 3.8) is 0 Å². The topological polar surface area (TPSA) is 21.3 Å². The van der Waals surface area contributed by atoms with E-state index in [2.05, 4.69) is 67.7 Å². The quantitative estimate of drug-likeness (QED) is 0.680. The smallest absolute Gasteiger partial charge is 0.133 e. The van der Waals surface area contributed by atoms with Gasteiger partial charge in [0.1, 0.15) is 5.75 Å². The van der Waals surface area contributed by atoms with Gasteiger partial charge in [0.15, 0.2) is 0 Å². The van der Waals surface area contributed by atoms with Crippen molar-refractivity contribution >= 4 is 43.2 Å². The van der Waals surface area contributed by atoms with E-state index in [-0.39, 0.29) is 6.04 Å². The Labute approximate surface area is 140 Å². The van der Waals surface area contributed by atoms with Crippen LogP contribution < -0.4 is 10.1 Å². The lowest BCUT2D eigenvalue weighted by atomic mass is 10.1. The zero-order valence-corrected chi connectivity index (χ0v) is 15.4. The molecule has 1 heterocycles. The highest BCUT2D eigenvalue weighted by molar-refractivity contribution is 9.10.